The molecule has 0 aliphatic heterocycles. The summed E-state index contributed by atoms with van der Waals surface area (Å²) < 4.78 is 1.69. The molecule has 0 saturated carbocycles. The highest BCUT2D eigenvalue weighted by Crippen LogP contribution is 2.17. The average molecular weight is 266 g/mol. The molecular formula is C12H16ClN5. The summed E-state index contributed by atoms with van der Waals surface area (Å²) in [7, 11) is 1.89. The molecule has 0 spiro atoms. The first-order valence-electron chi connectivity index (χ1n) is 5.82. The van der Waals surface area contributed by atoms with Crippen LogP contribution in [-0.2, 0) is 6.54 Å². The number of hydrogen-bond acceptors (Lipinski definition) is 4. The summed E-state index contributed by atoms with van der Waals surface area (Å²) in [5.74, 6) is 1.14. The van der Waals surface area contributed by atoms with Gasteiger partial charge in [0, 0.05) is 18.7 Å². The van der Waals surface area contributed by atoms with Crippen molar-refractivity contribution in [2.24, 2.45) is 0 Å². The zero-order chi connectivity index (χ0) is 13.1. The summed E-state index contributed by atoms with van der Waals surface area (Å²) in [6.07, 6.45) is 5.13. The van der Waals surface area contributed by atoms with Gasteiger partial charge in [-0.15, -0.1) is 0 Å². The fourth-order valence-electron chi connectivity index (χ4n) is 1.63. The largest absolute Gasteiger partial charge is 0.314 e. The molecule has 2 aromatic heterocycles. The molecule has 0 bridgehead atoms. The van der Waals surface area contributed by atoms with E-state index in [-0.39, 0.29) is 0 Å². The lowest BCUT2D eigenvalue weighted by Gasteiger charge is -2.11. The lowest BCUT2D eigenvalue weighted by molar-refractivity contribution is 0.707. The van der Waals surface area contributed by atoms with Gasteiger partial charge in [-0.2, -0.15) is 5.10 Å². The van der Waals surface area contributed by atoms with Crippen LogP contribution in [0.15, 0.2) is 18.6 Å². The van der Waals surface area contributed by atoms with Gasteiger partial charge in [0.15, 0.2) is 0 Å². The van der Waals surface area contributed by atoms with Crippen molar-refractivity contribution in [3.05, 3.63) is 35.1 Å². The molecule has 0 unspecified atom stereocenters. The third-order valence-corrected chi connectivity index (χ3v) is 2.72. The molecule has 18 heavy (non-hydrogen) atoms. The number of halogens is 1. The first kappa shape index (κ1) is 13.0. The highest BCUT2D eigenvalue weighted by atomic mass is 35.5. The Bertz CT molecular complexity index is 535. The molecule has 1 N–H and O–H groups in total. The lowest BCUT2D eigenvalue weighted by atomic mass is 10.2. The number of nitrogens with one attached hydrogen (secondary N) is 1. The summed E-state index contributed by atoms with van der Waals surface area (Å²) in [6.45, 7) is 4.81. The molecule has 2 aromatic rings. The van der Waals surface area contributed by atoms with Crippen LogP contribution in [0.4, 0.5) is 0 Å². The van der Waals surface area contributed by atoms with Crippen molar-refractivity contribution >= 4 is 11.6 Å². The predicted molar refractivity (Wildman–Crippen MR) is 71.0 cm³/mol. The van der Waals surface area contributed by atoms with Gasteiger partial charge < -0.3 is 5.32 Å². The molecule has 0 aliphatic carbocycles. The van der Waals surface area contributed by atoms with E-state index >= 15 is 0 Å². The van der Waals surface area contributed by atoms with E-state index in [0.29, 0.717) is 17.5 Å². The van der Waals surface area contributed by atoms with Crippen molar-refractivity contribution in [3.63, 3.8) is 0 Å². The molecule has 0 saturated heterocycles. The normalized spacial score (nSPS) is 11.2. The second-order valence-corrected chi connectivity index (χ2v) is 4.78. The first-order chi connectivity index (χ1) is 8.61. The monoisotopic (exact) mass is 265 g/mol. The van der Waals surface area contributed by atoms with E-state index in [1.165, 1.54) is 0 Å². The van der Waals surface area contributed by atoms with E-state index in [1.807, 2.05) is 7.05 Å². The summed E-state index contributed by atoms with van der Waals surface area (Å²) >= 11 is 5.88. The van der Waals surface area contributed by atoms with Crippen LogP contribution >= 0.6 is 11.6 Å². The van der Waals surface area contributed by atoms with Gasteiger partial charge in [-0.3, -0.25) is 0 Å². The summed E-state index contributed by atoms with van der Waals surface area (Å²) in [4.78, 5) is 8.93. The minimum Gasteiger partial charge on any atom is -0.314 e. The summed E-state index contributed by atoms with van der Waals surface area (Å²) in [5, 5.41) is 7.88. The van der Waals surface area contributed by atoms with Crippen LogP contribution in [0.3, 0.4) is 0 Å². The van der Waals surface area contributed by atoms with Crippen LogP contribution in [0.1, 0.15) is 31.3 Å². The molecular weight excluding hydrogens is 250 g/mol. The molecule has 2 heterocycles. The molecule has 0 aromatic carbocycles. The molecule has 0 amide bonds. The van der Waals surface area contributed by atoms with Crippen LogP contribution in [0.25, 0.3) is 5.69 Å². The zero-order valence-corrected chi connectivity index (χ0v) is 11.4. The molecule has 5 nitrogen and oxygen atoms in total. The standard InChI is InChI=1S/C12H16ClN5/c1-8(2)12-15-6-11(10(17-12)5-14-3)18-7-9(13)4-16-18/h4,6-8,14H,5H2,1-3H3. The van der Waals surface area contributed by atoms with Gasteiger partial charge in [-0.25, -0.2) is 14.6 Å². The van der Waals surface area contributed by atoms with E-state index in [0.717, 1.165) is 17.2 Å². The van der Waals surface area contributed by atoms with Crippen LogP contribution < -0.4 is 5.32 Å². The molecule has 0 aliphatic rings. The maximum absolute atomic E-state index is 5.88. The molecule has 0 atom stereocenters. The van der Waals surface area contributed by atoms with Gasteiger partial charge in [-0.05, 0) is 7.05 Å². The third-order valence-electron chi connectivity index (χ3n) is 2.52. The van der Waals surface area contributed by atoms with Crippen LogP contribution in [0, 0.1) is 0 Å². The van der Waals surface area contributed by atoms with Gasteiger partial charge >= 0.3 is 0 Å². The van der Waals surface area contributed by atoms with Crippen molar-refractivity contribution in [1.29, 1.82) is 0 Å². The van der Waals surface area contributed by atoms with Gasteiger partial charge in [-0.1, -0.05) is 25.4 Å². The van der Waals surface area contributed by atoms with Gasteiger partial charge in [0.1, 0.15) is 11.5 Å². The Morgan fingerprint density at radius 1 is 1.39 bits per heavy atom. The fourth-order valence-corrected chi connectivity index (χ4v) is 1.76. The molecule has 6 heteroatoms. The lowest BCUT2D eigenvalue weighted by Crippen LogP contribution is -2.14. The maximum atomic E-state index is 5.88. The third kappa shape index (κ3) is 2.68. The Hall–Kier alpha value is -1.46. The van der Waals surface area contributed by atoms with Crippen molar-refractivity contribution < 1.29 is 0 Å². The SMILES string of the molecule is CNCc1nc(C(C)C)ncc1-n1cc(Cl)cn1. The van der Waals surface area contributed by atoms with Gasteiger partial charge in [0.2, 0.25) is 0 Å². The number of rotatable bonds is 4. The number of hydrogen-bond donors (Lipinski definition) is 1. The fraction of sp³-hybridized carbons (Fsp3) is 0.417. The topological polar surface area (TPSA) is 55.6 Å². The van der Waals surface area contributed by atoms with Crippen molar-refractivity contribution in [1.82, 2.24) is 25.1 Å². The maximum Gasteiger partial charge on any atom is 0.131 e. The van der Waals surface area contributed by atoms with Crippen LogP contribution in [0.2, 0.25) is 5.02 Å². The highest BCUT2D eigenvalue weighted by molar-refractivity contribution is 6.30. The summed E-state index contributed by atoms with van der Waals surface area (Å²) in [6, 6.07) is 0. The predicted octanol–water partition coefficient (Wildman–Crippen LogP) is 2.16. The minimum absolute atomic E-state index is 0.302. The Kier molecular flexibility index (Phi) is 3.93. The van der Waals surface area contributed by atoms with E-state index in [9.17, 15) is 0 Å². The Labute approximate surface area is 111 Å². The van der Waals surface area contributed by atoms with Crippen molar-refractivity contribution in [3.8, 4) is 5.69 Å². The Balaban J connectivity index is 2.46. The Morgan fingerprint density at radius 3 is 2.72 bits per heavy atom. The number of nitrogens with zero attached hydrogens (tertiary/aromatic N) is 4. The van der Waals surface area contributed by atoms with E-state index in [2.05, 4.69) is 34.2 Å². The van der Waals surface area contributed by atoms with E-state index in [4.69, 9.17) is 11.6 Å². The average Bonchev–Trinajstić information content (AvgIpc) is 2.76. The van der Waals surface area contributed by atoms with Crippen LogP contribution in [0.5, 0.6) is 0 Å². The van der Waals surface area contributed by atoms with Gasteiger partial charge in [0.25, 0.3) is 0 Å². The second-order valence-electron chi connectivity index (χ2n) is 4.35. The quantitative estimate of drug-likeness (QED) is 0.920. The highest BCUT2D eigenvalue weighted by Gasteiger charge is 2.11. The molecule has 96 valence electrons. The second kappa shape index (κ2) is 5.46. The van der Waals surface area contributed by atoms with Crippen LogP contribution in [-0.4, -0.2) is 26.8 Å². The smallest absolute Gasteiger partial charge is 0.131 e. The Morgan fingerprint density at radius 2 is 2.17 bits per heavy atom. The van der Waals surface area contributed by atoms with Gasteiger partial charge in [0.05, 0.1) is 23.1 Å². The first-order valence-corrected chi connectivity index (χ1v) is 6.20. The van der Waals surface area contributed by atoms with Crippen molar-refractivity contribution in [2.45, 2.75) is 26.3 Å². The van der Waals surface area contributed by atoms with E-state index in [1.54, 1.807) is 23.3 Å². The van der Waals surface area contributed by atoms with E-state index < -0.39 is 0 Å². The molecule has 0 radical (unpaired) electrons. The number of aromatic nitrogens is 4. The van der Waals surface area contributed by atoms with Crippen molar-refractivity contribution in [2.75, 3.05) is 7.05 Å². The minimum atomic E-state index is 0.302. The zero-order valence-electron chi connectivity index (χ0n) is 10.7. The molecule has 2 rings (SSSR count). The molecule has 0 fully saturated rings. The summed E-state index contributed by atoms with van der Waals surface area (Å²) in [5.41, 5.74) is 1.76.